The van der Waals surface area contributed by atoms with Gasteiger partial charge in [0.2, 0.25) is 0 Å². The first-order chi connectivity index (χ1) is 14.0. The molecule has 1 N–H and O–H groups in total. The van der Waals surface area contributed by atoms with Gasteiger partial charge in [-0.1, -0.05) is 42.5 Å². The Kier molecular flexibility index (Phi) is 4.76. The Morgan fingerprint density at radius 1 is 1.07 bits per heavy atom. The predicted octanol–water partition coefficient (Wildman–Crippen LogP) is 4.47. The van der Waals surface area contributed by atoms with E-state index in [1.165, 1.54) is 0 Å². The number of aromatic carboxylic acids is 1. The van der Waals surface area contributed by atoms with E-state index in [9.17, 15) is 9.90 Å². The highest BCUT2D eigenvalue weighted by Gasteiger charge is 2.16. The highest BCUT2D eigenvalue weighted by atomic mass is 16.5. The van der Waals surface area contributed by atoms with Crippen LogP contribution in [0.25, 0.3) is 22.3 Å². The van der Waals surface area contributed by atoms with Crippen molar-refractivity contribution in [2.45, 2.75) is 20.4 Å². The minimum Gasteiger partial charge on any atom is -0.478 e. The van der Waals surface area contributed by atoms with Crippen LogP contribution in [-0.4, -0.2) is 32.7 Å². The van der Waals surface area contributed by atoms with Gasteiger partial charge in [-0.3, -0.25) is 4.57 Å². The van der Waals surface area contributed by atoms with Crippen LogP contribution in [0.3, 0.4) is 0 Å². The first kappa shape index (κ1) is 18.7. The lowest BCUT2D eigenvalue weighted by Gasteiger charge is -2.10. The molecule has 0 unspecified atom stereocenters. The third kappa shape index (κ3) is 3.45. The number of carboxylic acids is 1. The van der Waals surface area contributed by atoms with Crippen molar-refractivity contribution in [1.29, 1.82) is 0 Å². The molecule has 0 spiro atoms. The molecule has 6 nitrogen and oxygen atoms in total. The summed E-state index contributed by atoms with van der Waals surface area (Å²) >= 11 is 0. The quantitative estimate of drug-likeness (QED) is 0.547. The van der Waals surface area contributed by atoms with Crippen molar-refractivity contribution in [3.05, 3.63) is 77.0 Å². The van der Waals surface area contributed by atoms with E-state index < -0.39 is 5.97 Å². The van der Waals surface area contributed by atoms with Crippen molar-refractivity contribution < 1.29 is 14.6 Å². The lowest BCUT2D eigenvalue weighted by molar-refractivity contribution is 0.0697. The van der Waals surface area contributed by atoms with Gasteiger partial charge in [0, 0.05) is 5.69 Å². The molecule has 2 aromatic heterocycles. The van der Waals surface area contributed by atoms with E-state index in [0.717, 1.165) is 33.5 Å². The number of imidazole rings is 1. The Hall–Kier alpha value is -3.67. The van der Waals surface area contributed by atoms with Crippen LogP contribution in [0.2, 0.25) is 0 Å². The number of fused-ring (bicyclic) bond motifs is 1. The number of carboxylic acid groups (broad SMARTS) is 1. The molecule has 0 saturated carbocycles. The summed E-state index contributed by atoms with van der Waals surface area (Å²) < 4.78 is 7.43. The summed E-state index contributed by atoms with van der Waals surface area (Å²) in [6.45, 7) is 4.53. The van der Waals surface area contributed by atoms with Crippen molar-refractivity contribution in [3.63, 3.8) is 0 Å². The fourth-order valence-corrected chi connectivity index (χ4v) is 3.58. The first-order valence-electron chi connectivity index (χ1n) is 9.28. The summed E-state index contributed by atoms with van der Waals surface area (Å²) in [5.74, 6) is -0.934. The molecule has 0 aliphatic heterocycles. The monoisotopic (exact) mass is 387 g/mol. The minimum atomic E-state index is -0.934. The van der Waals surface area contributed by atoms with E-state index in [1.54, 1.807) is 19.2 Å². The summed E-state index contributed by atoms with van der Waals surface area (Å²) in [6.07, 6.45) is 0. The highest BCUT2D eigenvalue weighted by molar-refractivity contribution is 5.96. The van der Waals surface area contributed by atoms with E-state index in [0.29, 0.717) is 18.1 Å². The van der Waals surface area contributed by atoms with Crippen LogP contribution < -0.4 is 4.74 Å². The van der Waals surface area contributed by atoms with Crippen molar-refractivity contribution >= 4 is 17.1 Å². The predicted molar refractivity (Wildman–Crippen MR) is 111 cm³/mol. The van der Waals surface area contributed by atoms with Gasteiger partial charge in [0.25, 0.3) is 6.01 Å². The average Bonchev–Trinajstić information content (AvgIpc) is 3.06. The second-order valence-electron chi connectivity index (χ2n) is 6.99. The molecule has 0 fully saturated rings. The number of rotatable bonds is 5. The van der Waals surface area contributed by atoms with E-state index in [-0.39, 0.29) is 5.56 Å². The maximum Gasteiger partial charge on any atom is 0.336 e. The molecule has 4 aromatic rings. The second-order valence-corrected chi connectivity index (χ2v) is 6.99. The van der Waals surface area contributed by atoms with Crippen molar-refractivity contribution in [2.75, 3.05) is 7.11 Å². The Morgan fingerprint density at radius 2 is 1.79 bits per heavy atom. The van der Waals surface area contributed by atoms with Crippen molar-refractivity contribution in [2.24, 2.45) is 0 Å². The van der Waals surface area contributed by atoms with E-state index in [1.807, 2.05) is 60.9 Å². The van der Waals surface area contributed by atoms with Crippen molar-refractivity contribution in [3.8, 4) is 17.1 Å². The average molecular weight is 387 g/mol. The Morgan fingerprint density at radius 3 is 2.48 bits per heavy atom. The first-order valence-corrected chi connectivity index (χ1v) is 9.28. The third-order valence-electron chi connectivity index (χ3n) is 4.93. The fraction of sp³-hybridized carbons (Fsp3) is 0.174. The van der Waals surface area contributed by atoms with Crippen LogP contribution in [0, 0.1) is 13.8 Å². The van der Waals surface area contributed by atoms with Gasteiger partial charge >= 0.3 is 5.97 Å². The van der Waals surface area contributed by atoms with Crippen LogP contribution in [-0.2, 0) is 6.54 Å². The number of aromatic nitrogens is 3. The summed E-state index contributed by atoms with van der Waals surface area (Å²) in [4.78, 5) is 20.7. The number of ether oxygens (including phenoxy) is 1. The second kappa shape index (κ2) is 7.39. The number of hydrogen-bond acceptors (Lipinski definition) is 4. The van der Waals surface area contributed by atoms with E-state index in [2.05, 4.69) is 9.97 Å². The highest BCUT2D eigenvalue weighted by Crippen LogP contribution is 2.27. The molecule has 0 aliphatic rings. The molecule has 2 aromatic carbocycles. The molecule has 0 bridgehead atoms. The minimum absolute atomic E-state index is 0.290. The van der Waals surface area contributed by atoms with Crippen molar-refractivity contribution in [1.82, 2.24) is 14.5 Å². The van der Waals surface area contributed by atoms with Gasteiger partial charge in [0.05, 0.1) is 19.2 Å². The fourth-order valence-electron chi connectivity index (χ4n) is 3.58. The molecule has 4 rings (SSSR count). The number of methoxy groups -OCH3 is 1. The van der Waals surface area contributed by atoms with Crippen LogP contribution in [0.1, 0.15) is 27.2 Å². The molecule has 29 heavy (non-hydrogen) atoms. The normalized spacial score (nSPS) is 11.0. The van der Waals surface area contributed by atoms with Gasteiger partial charge in [0.1, 0.15) is 5.52 Å². The van der Waals surface area contributed by atoms with Gasteiger partial charge < -0.3 is 9.84 Å². The molecule has 0 aliphatic carbocycles. The standard InChI is InChI=1S/C23H21N3O3/c1-14-12-15(2)24-21-20(14)25-23(29-3)26(21)13-16-8-10-17(11-9-16)18-6-4-5-7-19(18)22(27)28/h4-12H,13H2,1-3H3,(H,27,28). The zero-order valence-corrected chi connectivity index (χ0v) is 16.5. The molecular formula is C23H21N3O3. The SMILES string of the molecule is COc1nc2c(C)cc(C)nc2n1Cc1ccc(-c2ccccc2C(=O)O)cc1. The largest absolute Gasteiger partial charge is 0.478 e. The van der Waals surface area contributed by atoms with Gasteiger partial charge in [0.15, 0.2) is 5.65 Å². The van der Waals surface area contributed by atoms with Gasteiger partial charge in [-0.05, 0) is 48.2 Å². The molecule has 0 saturated heterocycles. The van der Waals surface area contributed by atoms with Gasteiger partial charge in [-0.25, -0.2) is 9.78 Å². The maximum absolute atomic E-state index is 11.5. The Labute approximate surface area is 168 Å². The summed E-state index contributed by atoms with van der Waals surface area (Å²) in [7, 11) is 1.60. The summed E-state index contributed by atoms with van der Waals surface area (Å²) in [5, 5.41) is 9.42. The molecule has 0 atom stereocenters. The van der Waals surface area contributed by atoms with Crippen LogP contribution in [0.4, 0.5) is 0 Å². The Bertz CT molecular complexity index is 1210. The van der Waals surface area contributed by atoms with E-state index >= 15 is 0 Å². The van der Waals surface area contributed by atoms with Crippen LogP contribution in [0.5, 0.6) is 6.01 Å². The van der Waals surface area contributed by atoms with Gasteiger partial charge in [-0.15, -0.1) is 0 Å². The number of hydrogen-bond donors (Lipinski definition) is 1. The molecule has 146 valence electrons. The topological polar surface area (TPSA) is 77.2 Å². The van der Waals surface area contributed by atoms with E-state index in [4.69, 9.17) is 4.74 Å². The lowest BCUT2D eigenvalue weighted by atomic mass is 9.99. The number of aryl methyl sites for hydroxylation is 2. The van der Waals surface area contributed by atoms with Gasteiger partial charge in [-0.2, -0.15) is 4.98 Å². The molecular weight excluding hydrogens is 366 g/mol. The number of nitrogens with zero attached hydrogens (tertiary/aromatic N) is 3. The van der Waals surface area contributed by atoms with Crippen LogP contribution in [0.15, 0.2) is 54.6 Å². The van der Waals surface area contributed by atoms with Crippen LogP contribution >= 0.6 is 0 Å². The molecule has 0 radical (unpaired) electrons. The number of pyridine rings is 1. The zero-order valence-electron chi connectivity index (χ0n) is 16.5. The Balaban J connectivity index is 1.71. The number of benzene rings is 2. The molecule has 0 amide bonds. The maximum atomic E-state index is 11.5. The third-order valence-corrected chi connectivity index (χ3v) is 4.93. The lowest BCUT2D eigenvalue weighted by Crippen LogP contribution is -2.04. The summed E-state index contributed by atoms with van der Waals surface area (Å²) in [6, 6.07) is 17.4. The molecule has 2 heterocycles. The molecule has 6 heteroatoms. The number of carbonyl (C=O) groups is 1. The summed E-state index contributed by atoms with van der Waals surface area (Å²) in [5.41, 5.74) is 6.51. The zero-order chi connectivity index (χ0) is 20.5. The smallest absolute Gasteiger partial charge is 0.336 e.